The molecule has 0 radical (unpaired) electrons. The van der Waals surface area contributed by atoms with Crippen LogP contribution in [0.1, 0.15) is 18.4 Å². The fourth-order valence-corrected chi connectivity index (χ4v) is 4.10. The molecule has 2 saturated heterocycles. The molecule has 1 amide bonds. The number of benzene rings is 1. The van der Waals surface area contributed by atoms with E-state index in [1.54, 1.807) is 0 Å². The molecule has 0 spiro atoms. The van der Waals surface area contributed by atoms with Gasteiger partial charge >= 0.3 is 0 Å². The van der Waals surface area contributed by atoms with Gasteiger partial charge in [0.2, 0.25) is 5.91 Å². The Kier molecular flexibility index (Phi) is 4.10. The van der Waals surface area contributed by atoms with Gasteiger partial charge in [0, 0.05) is 44.0 Å². The summed E-state index contributed by atoms with van der Waals surface area (Å²) in [6.07, 6.45) is 4.36. The Balaban J connectivity index is 1.53. The van der Waals surface area contributed by atoms with Gasteiger partial charge in [-0.1, -0.05) is 30.3 Å². The van der Waals surface area contributed by atoms with Crippen LogP contribution in [0.2, 0.25) is 0 Å². The maximum absolute atomic E-state index is 12.2. The van der Waals surface area contributed by atoms with Crippen molar-refractivity contribution in [3.63, 3.8) is 0 Å². The summed E-state index contributed by atoms with van der Waals surface area (Å²) in [5, 5.41) is 7.68. The first kappa shape index (κ1) is 15.4. The Hall–Kier alpha value is -2.14. The second-order valence-electron chi connectivity index (χ2n) is 7.01. The Morgan fingerprint density at radius 1 is 1.25 bits per heavy atom. The highest BCUT2D eigenvalue weighted by molar-refractivity contribution is 5.80. The number of aromatic nitrogens is 2. The van der Waals surface area contributed by atoms with E-state index in [2.05, 4.69) is 33.6 Å². The Morgan fingerprint density at radius 3 is 2.92 bits per heavy atom. The molecule has 4 rings (SSSR count). The van der Waals surface area contributed by atoms with Crippen LogP contribution >= 0.6 is 0 Å². The highest BCUT2D eigenvalue weighted by Crippen LogP contribution is 2.31. The maximum Gasteiger partial charge on any atom is 0.224 e. The molecule has 0 aliphatic carbocycles. The molecule has 1 N–H and O–H groups in total. The molecule has 2 fully saturated rings. The fraction of sp³-hybridized carbons (Fsp3) is 0.474. The number of aryl methyl sites for hydroxylation is 1. The number of carbonyl (C=O) groups is 1. The van der Waals surface area contributed by atoms with Crippen LogP contribution in [-0.4, -0.2) is 40.2 Å². The molecule has 3 heterocycles. The molecule has 2 aliphatic heterocycles. The lowest BCUT2D eigenvalue weighted by molar-refractivity contribution is -0.131. The maximum atomic E-state index is 12.2. The number of carbonyl (C=O) groups excluding carboxylic acids is 1. The van der Waals surface area contributed by atoms with E-state index in [1.165, 1.54) is 5.56 Å². The van der Waals surface area contributed by atoms with Crippen molar-refractivity contribution in [2.75, 3.05) is 19.6 Å². The quantitative estimate of drug-likeness (QED) is 0.940. The number of piperidine rings is 2. The first-order valence-corrected chi connectivity index (χ1v) is 8.79. The van der Waals surface area contributed by atoms with Crippen molar-refractivity contribution in [3.8, 4) is 11.3 Å². The summed E-state index contributed by atoms with van der Waals surface area (Å²) in [6.45, 7) is 3.63. The van der Waals surface area contributed by atoms with Gasteiger partial charge in [0.25, 0.3) is 0 Å². The zero-order valence-electron chi connectivity index (χ0n) is 14.1. The monoisotopic (exact) mass is 324 g/mol. The third kappa shape index (κ3) is 2.96. The number of nitrogens with one attached hydrogen (secondary N) is 1. The summed E-state index contributed by atoms with van der Waals surface area (Å²) >= 11 is 0. The van der Waals surface area contributed by atoms with Crippen LogP contribution < -0.4 is 5.32 Å². The normalized spacial score (nSPS) is 24.5. The molecule has 0 unspecified atom stereocenters. The van der Waals surface area contributed by atoms with E-state index in [0.29, 0.717) is 5.92 Å². The molecular weight excluding hydrogens is 300 g/mol. The van der Waals surface area contributed by atoms with Crippen LogP contribution in [0, 0.1) is 11.8 Å². The van der Waals surface area contributed by atoms with E-state index in [9.17, 15) is 4.79 Å². The Morgan fingerprint density at radius 2 is 2.08 bits per heavy atom. The molecule has 126 valence electrons. The highest BCUT2D eigenvalue weighted by atomic mass is 16.2. The Labute approximate surface area is 142 Å². The van der Waals surface area contributed by atoms with Crippen LogP contribution in [0.15, 0.2) is 36.5 Å². The third-order valence-corrected chi connectivity index (χ3v) is 5.34. The lowest BCUT2D eigenvalue weighted by Crippen LogP contribution is -2.51. The second-order valence-corrected chi connectivity index (χ2v) is 7.01. The van der Waals surface area contributed by atoms with Gasteiger partial charge in [-0.05, 0) is 25.3 Å². The zero-order chi connectivity index (χ0) is 16.5. The summed E-state index contributed by atoms with van der Waals surface area (Å²) in [4.78, 5) is 14.6. The summed E-state index contributed by atoms with van der Waals surface area (Å²) in [7, 11) is 1.97. The van der Waals surface area contributed by atoms with E-state index in [-0.39, 0.29) is 11.8 Å². The average molecular weight is 324 g/mol. The first-order chi connectivity index (χ1) is 11.7. The number of likely N-dealkylation sites (tertiary alicyclic amines) is 1. The first-order valence-electron chi connectivity index (χ1n) is 8.79. The van der Waals surface area contributed by atoms with Gasteiger partial charge in [0.15, 0.2) is 0 Å². The number of hydrogen-bond donors (Lipinski definition) is 1. The summed E-state index contributed by atoms with van der Waals surface area (Å²) in [5.74, 6) is 0.965. The van der Waals surface area contributed by atoms with Gasteiger partial charge in [-0.2, -0.15) is 5.10 Å². The molecule has 2 aromatic rings. The average Bonchev–Trinajstić information content (AvgIpc) is 2.97. The van der Waals surface area contributed by atoms with Crippen molar-refractivity contribution in [3.05, 3.63) is 42.1 Å². The van der Waals surface area contributed by atoms with E-state index < -0.39 is 0 Å². The summed E-state index contributed by atoms with van der Waals surface area (Å²) in [5.41, 5.74) is 3.44. The van der Waals surface area contributed by atoms with Gasteiger partial charge in [0.1, 0.15) is 0 Å². The van der Waals surface area contributed by atoms with Gasteiger partial charge in [-0.25, -0.2) is 0 Å². The molecule has 1 aromatic carbocycles. The molecule has 0 bridgehead atoms. The third-order valence-electron chi connectivity index (χ3n) is 5.34. The van der Waals surface area contributed by atoms with E-state index in [0.717, 1.165) is 50.3 Å². The van der Waals surface area contributed by atoms with Crippen molar-refractivity contribution < 1.29 is 4.79 Å². The topological polar surface area (TPSA) is 50.2 Å². The van der Waals surface area contributed by atoms with Crippen molar-refractivity contribution >= 4 is 5.91 Å². The van der Waals surface area contributed by atoms with Crippen molar-refractivity contribution in [1.29, 1.82) is 0 Å². The SMILES string of the molecule is Cn1cc(CN2CC[C@@H]3CCNC(=O)[C@@H]3C2)c(-c2ccccc2)n1. The molecular formula is C19H24N4O. The molecule has 2 aliphatic rings. The van der Waals surface area contributed by atoms with Gasteiger partial charge in [-0.15, -0.1) is 0 Å². The molecule has 1 aromatic heterocycles. The summed E-state index contributed by atoms with van der Waals surface area (Å²) < 4.78 is 1.89. The summed E-state index contributed by atoms with van der Waals surface area (Å²) in [6, 6.07) is 10.3. The number of nitrogens with zero attached hydrogens (tertiary/aromatic N) is 3. The highest BCUT2D eigenvalue weighted by Gasteiger charge is 2.36. The number of amides is 1. The van der Waals surface area contributed by atoms with Crippen molar-refractivity contribution in [2.24, 2.45) is 18.9 Å². The minimum Gasteiger partial charge on any atom is -0.356 e. The standard InChI is InChI=1S/C19H24N4O/c1-22-11-16(18(21-22)15-5-3-2-4-6-15)12-23-10-8-14-7-9-20-19(24)17(14)13-23/h2-6,11,14,17H,7-10,12-13H2,1H3,(H,20,24)/t14-,17+/m0/s1. The zero-order valence-corrected chi connectivity index (χ0v) is 14.1. The van der Waals surface area contributed by atoms with Gasteiger partial charge in [-0.3, -0.25) is 14.4 Å². The largest absolute Gasteiger partial charge is 0.356 e. The molecule has 0 saturated carbocycles. The predicted octanol–water partition coefficient (Wildman–Crippen LogP) is 2.05. The minimum atomic E-state index is 0.157. The predicted molar refractivity (Wildman–Crippen MR) is 93.1 cm³/mol. The van der Waals surface area contributed by atoms with E-state index in [1.807, 2.05) is 29.9 Å². The van der Waals surface area contributed by atoms with Crippen LogP contribution in [0.3, 0.4) is 0 Å². The Bertz CT molecular complexity index is 724. The fourth-order valence-electron chi connectivity index (χ4n) is 4.10. The molecule has 2 atom stereocenters. The van der Waals surface area contributed by atoms with Crippen LogP contribution in [-0.2, 0) is 18.4 Å². The minimum absolute atomic E-state index is 0.157. The van der Waals surface area contributed by atoms with Crippen LogP contribution in [0.4, 0.5) is 0 Å². The second kappa shape index (κ2) is 6.40. The lowest BCUT2D eigenvalue weighted by atomic mass is 9.80. The van der Waals surface area contributed by atoms with Crippen molar-refractivity contribution in [2.45, 2.75) is 19.4 Å². The smallest absolute Gasteiger partial charge is 0.224 e. The number of rotatable bonds is 3. The van der Waals surface area contributed by atoms with Crippen LogP contribution in [0.25, 0.3) is 11.3 Å². The molecule has 24 heavy (non-hydrogen) atoms. The number of hydrogen-bond acceptors (Lipinski definition) is 3. The van der Waals surface area contributed by atoms with E-state index in [4.69, 9.17) is 0 Å². The molecule has 5 heteroatoms. The van der Waals surface area contributed by atoms with Crippen molar-refractivity contribution in [1.82, 2.24) is 20.0 Å². The van der Waals surface area contributed by atoms with Gasteiger partial charge < -0.3 is 5.32 Å². The number of fused-ring (bicyclic) bond motifs is 1. The lowest BCUT2D eigenvalue weighted by Gasteiger charge is -2.40. The van der Waals surface area contributed by atoms with E-state index >= 15 is 0 Å². The molecule has 5 nitrogen and oxygen atoms in total. The van der Waals surface area contributed by atoms with Gasteiger partial charge in [0.05, 0.1) is 11.6 Å². The van der Waals surface area contributed by atoms with Crippen LogP contribution in [0.5, 0.6) is 0 Å².